The van der Waals surface area contributed by atoms with Gasteiger partial charge in [-0.1, -0.05) is 59.6 Å². The maximum atomic E-state index is 11.9. The molecule has 0 fully saturated rings. The summed E-state index contributed by atoms with van der Waals surface area (Å²) in [6.07, 6.45) is 10.2. The van der Waals surface area contributed by atoms with Crippen molar-refractivity contribution in [3.05, 3.63) is 163 Å². The first-order chi connectivity index (χ1) is 34.8. The topological polar surface area (TPSA) is 227 Å². The molecule has 0 bridgehead atoms. The van der Waals surface area contributed by atoms with Crippen LogP contribution in [0.25, 0.3) is 11.1 Å². The van der Waals surface area contributed by atoms with Gasteiger partial charge in [0.25, 0.3) is 0 Å². The van der Waals surface area contributed by atoms with Crippen LogP contribution in [0.4, 0.5) is 0 Å². The van der Waals surface area contributed by atoms with Crippen LogP contribution in [-0.2, 0) is 49.1 Å². The number of carbonyl (C=O) groups is 2. The van der Waals surface area contributed by atoms with Gasteiger partial charge in [-0.2, -0.15) is 0 Å². The van der Waals surface area contributed by atoms with E-state index >= 15 is 0 Å². The number of nitrogens with one attached hydrogen (secondary N) is 2. The molecule has 2 aromatic heterocycles. The first-order valence-electron chi connectivity index (χ1n) is 23.0. The van der Waals surface area contributed by atoms with Gasteiger partial charge < -0.3 is 50.0 Å². The van der Waals surface area contributed by atoms with Crippen molar-refractivity contribution < 1.29 is 49.0 Å². The number of carboxylic acid groups (broad SMARTS) is 2. The monoisotopic (exact) mass is 1020 g/mol. The van der Waals surface area contributed by atoms with Gasteiger partial charge in [-0.15, -0.1) is 0 Å². The Hall–Kier alpha value is -6.92. The molecule has 0 saturated heterocycles. The molecule has 2 heterocycles. The van der Waals surface area contributed by atoms with Crippen LogP contribution in [0.15, 0.2) is 108 Å². The number of pyridine rings is 2. The van der Waals surface area contributed by atoms with Crippen molar-refractivity contribution in [2.45, 2.75) is 78.3 Å². The SMILES string of the molecule is C/N=C\c1cncc(COc2cc(OCc3cccc(-c4cccc(COc5cc(OCc6cncc(/C=N/C)c6)c(CN[C@@H](CCO)C(=O)O)cc5Cl)c4C)c3C)c(Cl)cc2CN[C@H](CCO)C(=O)O)c1. The molecule has 0 radical (unpaired) electrons. The lowest BCUT2D eigenvalue weighted by Gasteiger charge is -2.20. The van der Waals surface area contributed by atoms with Crippen LogP contribution in [0, 0.1) is 13.8 Å². The van der Waals surface area contributed by atoms with Crippen LogP contribution in [0.2, 0.25) is 10.0 Å². The van der Waals surface area contributed by atoms with Crippen molar-refractivity contribution in [3.63, 3.8) is 0 Å². The van der Waals surface area contributed by atoms with E-state index in [1.54, 1.807) is 75.6 Å². The molecule has 6 aromatic rings. The second-order valence-electron chi connectivity index (χ2n) is 16.7. The van der Waals surface area contributed by atoms with Crippen molar-refractivity contribution in [2.24, 2.45) is 9.98 Å². The van der Waals surface area contributed by atoms with Crippen molar-refractivity contribution in [2.75, 3.05) is 27.3 Å². The van der Waals surface area contributed by atoms with E-state index in [-0.39, 0.29) is 65.6 Å². The predicted octanol–water partition coefficient (Wildman–Crippen LogP) is 8.33. The number of hydrogen-bond donors (Lipinski definition) is 6. The fraction of sp³-hybridized carbons (Fsp3) is 0.296. The maximum absolute atomic E-state index is 11.9. The van der Waals surface area contributed by atoms with E-state index in [9.17, 15) is 30.0 Å². The zero-order valence-electron chi connectivity index (χ0n) is 40.4. The number of aliphatic hydroxyl groups is 2. The van der Waals surface area contributed by atoms with E-state index in [0.29, 0.717) is 44.2 Å². The first kappa shape index (κ1) is 54.4. The van der Waals surface area contributed by atoms with Gasteiger partial charge >= 0.3 is 11.9 Å². The molecular formula is C54H58Cl2N6O10. The van der Waals surface area contributed by atoms with Gasteiger partial charge in [-0.25, -0.2) is 0 Å². The number of nitrogens with zero attached hydrogens (tertiary/aromatic N) is 4. The molecule has 6 rings (SSSR count). The Bertz CT molecular complexity index is 2690. The third-order valence-corrected chi connectivity index (χ3v) is 12.3. The number of hydrogen-bond acceptors (Lipinski definition) is 14. The van der Waals surface area contributed by atoms with Crippen LogP contribution in [0.1, 0.15) is 68.5 Å². The van der Waals surface area contributed by atoms with Crippen LogP contribution in [-0.4, -0.2) is 94.2 Å². The van der Waals surface area contributed by atoms with E-state index in [4.69, 9.17) is 42.1 Å². The molecule has 0 saturated carbocycles. The summed E-state index contributed by atoms with van der Waals surface area (Å²) in [6, 6.07) is 20.6. The highest BCUT2D eigenvalue weighted by Crippen LogP contribution is 2.37. The molecule has 378 valence electrons. The van der Waals surface area contributed by atoms with Gasteiger partial charge in [0.1, 0.15) is 61.5 Å². The maximum Gasteiger partial charge on any atom is 0.320 e. The van der Waals surface area contributed by atoms with Gasteiger partial charge in [0.2, 0.25) is 0 Å². The summed E-state index contributed by atoms with van der Waals surface area (Å²) in [5.41, 5.74) is 10.2. The summed E-state index contributed by atoms with van der Waals surface area (Å²) in [5.74, 6) is -0.606. The van der Waals surface area contributed by atoms with Crippen LogP contribution < -0.4 is 29.6 Å². The highest BCUT2D eigenvalue weighted by atomic mass is 35.5. The minimum Gasteiger partial charge on any atom is -0.488 e. The molecule has 0 unspecified atom stereocenters. The molecule has 0 spiro atoms. The van der Waals surface area contributed by atoms with Crippen molar-refractivity contribution >= 4 is 47.6 Å². The Labute approximate surface area is 428 Å². The van der Waals surface area contributed by atoms with Crippen LogP contribution >= 0.6 is 23.2 Å². The van der Waals surface area contributed by atoms with Gasteiger partial charge in [0.05, 0.1) is 10.0 Å². The molecule has 4 aromatic carbocycles. The van der Waals surface area contributed by atoms with Gasteiger partial charge in [0.15, 0.2) is 0 Å². The minimum absolute atomic E-state index is 0.0200. The molecule has 72 heavy (non-hydrogen) atoms. The van der Waals surface area contributed by atoms with E-state index in [0.717, 1.165) is 55.6 Å². The largest absolute Gasteiger partial charge is 0.488 e. The lowest BCUT2D eigenvalue weighted by Crippen LogP contribution is -2.37. The van der Waals surface area contributed by atoms with Crippen molar-refractivity contribution in [3.8, 4) is 34.1 Å². The van der Waals surface area contributed by atoms with Gasteiger partial charge in [-0.05, 0) is 84.3 Å². The summed E-state index contributed by atoms with van der Waals surface area (Å²) in [7, 11) is 3.35. The highest BCUT2D eigenvalue weighted by Gasteiger charge is 2.21. The molecule has 6 N–H and O–H groups in total. The van der Waals surface area contributed by atoms with Crippen molar-refractivity contribution in [1.29, 1.82) is 0 Å². The molecule has 0 aliphatic rings. The minimum atomic E-state index is -1.09. The zero-order chi connectivity index (χ0) is 51.6. The second kappa shape index (κ2) is 27.1. The number of ether oxygens (including phenoxy) is 4. The van der Waals surface area contributed by atoms with E-state index in [1.165, 1.54) is 0 Å². The Balaban J connectivity index is 1.21. The fourth-order valence-corrected chi connectivity index (χ4v) is 8.26. The van der Waals surface area contributed by atoms with Gasteiger partial charge in [0, 0.05) is 123 Å². The third kappa shape index (κ3) is 15.1. The lowest BCUT2D eigenvalue weighted by molar-refractivity contribution is -0.140. The number of aliphatic hydroxyl groups excluding tert-OH is 2. The Morgan fingerprint density at radius 3 is 1.36 bits per heavy atom. The molecule has 16 nitrogen and oxygen atoms in total. The Kier molecular flexibility index (Phi) is 20.4. The molecular weight excluding hydrogens is 964 g/mol. The van der Waals surface area contributed by atoms with Crippen LogP contribution in [0.3, 0.4) is 0 Å². The summed E-state index contributed by atoms with van der Waals surface area (Å²) in [6.45, 7) is 4.28. The third-order valence-electron chi connectivity index (χ3n) is 11.7. The summed E-state index contributed by atoms with van der Waals surface area (Å²) >= 11 is 13.7. The molecule has 0 amide bonds. The normalized spacial score (nSPS) is 12.3. The summed E-state index contributed by atoms with van der Waals surface area (Å²) in [4.78, 5) is 40.4. The summed E-state index contributed by atoms with van der Waals surface area (Å²) in [5, 5.41) is 44.8. The summed E-state index contributed by atoms with van der Waals surface area (Å²) < 4.78 is 25.4. The first-order valence-corrected chi connectivity index (χ1v) is 23.8. The smallest absolute Gasteiger partial charge is 0.320 e. The number of aromatic nitrogens is 2. The zero-order valence-corrected chi connectivity index (χ0v) is 41.9. The number of benzene rings is 4. The van der Waals surface area contributed by atoms with Gasteiger partial charge in [-0.3, -0.25) is 29.5 Å². The quantitative estimate of drug-likeness (QED) is 0.0267. The molecule has 0 aliphatic heterocycles. The average molecular weight is 1020 g/mol. The van der Waals surface area contributed by atoms with E-state index < -0.39 is 24.0 Å². The standard InChI is InChI=1S/C54H58Cl2N6O10/c1-33-39(31-71-51-19-49(69-29-37-15-35(21-57-3)23-59-25-37)41(17-45(51)55)27-61-47(11-13-63)53(65)66)7-5-9-43(33)44-10-6-8-40(34(44)2)32-72-52-20-50(70-30-38-16-36(22-58-4)24-60-26-38)42(18-46(52)56)28-62-48(12-14-64)54(67)68/h5-10,15-26,47-48,61-64H,11-14,27-32H2,1-4H3,(H,65,66)(H,67,68)/b57-21-,58-22+/t47-,48+/m1/s1. The number of carboxylic acids is 2. The number of aliphatic carboxylic acids is 2. The van der Waals surface area contributed by atoms with Crippen LogP contribution in [0.5, 0.6) is 23.0 Å². The highest BCUT2D eigenvalue weighted by molar-refractivity contribution is 6.32. The fourth-order valence-electron chi connectivity index (χ4n) is 7.78. The number of halogens is 2. The predicted molar refractivity (Wildman–Crippen MR) is 277 cm³/mol. The molecule has 0 aliphatic carbocycles. The van der Waals surface area contributed by atoms with E-state index in [2.05, 4.69) is 30.6 Å². The lowest BCUT2D eigenvalue weighted by atomic mass is 9.92. The Morgan fingerprint density at radius 2 is 0.986 bits per heavy atom. The number of aliphatic imine (C=N–C) groups is 2. The Morgan fingerprint density at radius 1 is 0.583 bits per heavy atom. The number of rotatable bonds is 27. The van der Waals surface area contributed by atoms with E-state index in [1.807, 2.05) is 62.4 Å². The second-order valence-corrected chi connectivity index (χ2v) is 17.5. The molecule has 2 atom stereocenters. The molecule has 18 heteroatoms. The van der Waals surface area contributed by atoms with Crippen molar-refractivity contribution in [1.82, 2.24) is 20.6 Å². The average Bonchev–Trinajstić information content (AvgIpc) is 3.36.